The van der Waals surface area contributed by atoms with E-state index in [1.807, 2.05) is 0 Å². The molecular formula is C22H22Zr. The van der Waals surface area contributed by atoms with Crippen LogP contribution in [-0.2, 0) is 20.3 Å². The van der Waals surface area contributed by atoms with E-state index in [-0.39, 0.29) is 0 Å². The first-order chi connectivity index (χ1) is 11.2. The Hall–Kier alpha value is -1.20. The van der Waals surface area contributed by atoms with E-state index in [0.717, 1.165) is 7.25 Å². The molecule has 0 spiro atoms. The van der Waals surface area contributed by atoms with E-state index in [1.165, 1.54) is 22.3 Å². The molecule has 1 heterocycles. The first kappa shape index (κ1) is 14.2. The van der Waals surface area contributed by atoms with E-state index in [9.17, 15) is 0 Å². The molecule has 0 nitrogen and oxygen atoms in total. The Morgan fingerprint density at radius 2 is 1.22 bits per heavy atom. The van der Waals surface area contributed by atoms with Crippen molar-refractivity contribution in [3.05, 3.63) is 81.9 Å². The second-order valence-electron chi connectivity index (χ2n) is 7.56. The Morgan fingerprint density at radius 3 is 1.65 bits per heavy atom. The van der Waals surface area contributed by atoms with Gasteiger partial charge < -0.3 is 0 Å². The van der Waals surface area contributed by atoms with Crippen molar-refractivity contribution < 1.29 is 20.3 Å². The Morgan fingerprint density at radius 1 is 0.739 bits per heavy atom. The van der Waals surface area contributed by atoms with Crippen molar-refractivity contribution in [2.24, 2.45) is 0 Å². The second-order valence-corrected chi connectivity index (χ2v) is 19.1. The van der Waals surface area contributed by atoms with Crippen LogP contribution in [0.5, 0.6) is 0 Å². The van der Waals surface area contributed by atoms with E-state index < -0.39 is 20.3 Å². The van der Waals surface area contributed by atoms with Crippen molar-refractivity contribution in [3.8, 4) is 0 Å². The van der Waals surface area contributed by atoms with Crippen LogP contribution < -0.4 is 0 Å². The molecule has 0 aromatic heterocycles. The summed E-state index contributed by atoms with van der Waals surface area (Å²) in [4.78, 5) is 0. The van der Waals surface area contributed by atoms with E-state index in [2.05, 4.69) is 74.5 Å². The minimum absolute atomic E-state index is 0.792. The summed E-state index contributed by atoms with van der Waals surface area (Å²) >= 11 is -2.21. The average molecular weight is 378 g/mol. The third-order valence-corrected chi connectivity index (χ3v) is 18.9. The van der Waals surface area contributed by atoms with Gasteiger partial charge in [-0.25, -0.2) is 0 Å². The molecule has 23 heavy (non-hydrogen) atoms. The molecule has 2 aliphatic carbocycles. The van der Waals surface area contributed by atoms with Gasteiger partial charge in [-0.05, 0) is 0 Å². The van der Waals surface area contributed by atoms with Crippen LogP contribution in [0.3, 0.4) is 0 Å². The van der Waals surface area contributed by atoms with Gasteiger partial charge in [0.15, 0.2) is 0 Å². The summed E-state index contributed by atoms with van der Waals surface area (Å²) in [6.07, 6.45) is 9.96. The summed E-state index contributed by atoms with van der Waals surface area (Å²) in [6.45, 7) is 4.62. The van der Waals surface area contributed by atoms with Crippen LogP contribution in [0.1, 0.15) is 40.6 Å². The van der Waals surface area contributed by atoms with E-state index in [4.69, 9.17) is 0 Å². The Labute approximate surface area is 143 Å². The van der Waals surface area contributed by atoms with Crippen molar-refractivity contribution in [2.75, 3.05) is 0 Å². The zero-order valence-corrected chi connectivity index (χ0v) is 16.3. The predicted octanol–water partition coefficient (Wildman–Crippen LogP) is 6.14. The normalized spacial score (nSPS) is 25.5. The summed E-state index contributed by atoms with van der Waals surface area (Å²) in [5, 5.41) is 0. The number of fused-ring (bicyclic) bond motifs is 2. The molecule has 0 radical (unpaired) electrons. The molecule has 2 aromatic carbocycles. The standard InChI is InChI=1S/2C10H9.C2H4.Zr/c2*1-8-4-2-5-9-6-3-7-10(8)9;1-2;/h2*2-7H,1H3;1-2H2;. The quantitative estimate of drug-likeness (QED) is 0.589. The maximum absolute atomic E-state index is 2.57. The number of benzene rings is 2. The molecular weight excluding hydrogens is 355 g/mol. The summed E-state index contributed by atoms with van der Waals surface area (Å²) in [5.74, 6) is 0. The van der Waals surface area contributed by atoms with Crippen LogP contribution >= 0.6 is 0 Å². The fourth-order valence-electron chi connectivity index (χ4n) is 5.06. The molecule has 1 fully saturated rings. The molecule has 2 unspecified atom stereocenters. The minimum atomic E-state index is -2.21. The summed E-state index contributed by atoms with van der Waals surface area (Å²) in [6, 6.07) is 13.7. The number of aryl methyl sites for hydroxylation is 2. The molecule has 0 N–H and O–H groups in total. The molecule has 0 amide bonds. The fraction of sp³-hybridized carbons (Fsp3) is 0.273. The summed E-state index contributed by atoms with van der Waals surface area (Å²) < 4.78 is 4.70. The van der Waals surface area contributed by atoms with Crippen LogP contribution in [0, 0.1) is 13.8 Å². The average Bonchev–Trinajstić information content (AvgIpc) is 3.03. The first-order valence-corrected chi connectivity index (χ1v) is 15.1. The van der Waals surface area contributed by atoms with E-state index in [0.29, 0.717) is 0 Å². The van der Waals surface area contributed by atoms with Crippen molar-refractivity contribution in [2.45, 2.75) is 29.4 Å². The summed E-state index contributed by atoms with van der Waals surface area (Å²) in [5.41, 5.74) is 9.35. The van der Waals surface area contributed by atoms with Gasteiger partial charge in [0.05, 0.1) is 0 Å². The van der Waals surface area contributed by atoms with Crippen molar-refractivity contribution in [3.63, 3.8) is 0 Å². The van der Waals surface area contributed by atoms with Gasteiger partial charge in [0, 0.05) is 0 Å². The second kappa shape index (κ2) is 4.90. The third kappa shape index (κ3) is 1.93. The molecule has 0 bridgehead atoms. The van der Waals surface area contributed by atoms with Gasteiger partial charge in [0.25, 0.3) is 0 Å². The molecule has 5 rings (SSSR count). The van der Waals surface area contributed by atoms with Gasteiger partial charge in [0.2, 0.25) is 0 Å². The molecule has 1 saturated heterocycles. The third-order valence-electron chi connectivity index (χ3n) is 6.34. The topological polar surface area (TPSA) is 0 Å². The SMILES string of the molecule is Cc1cccc2c1[CH]([Zr]1([CH]3C=Cc4cccc(C)c43)[CH2][CH2]1)C=C2. The Bertz CT molecular complexity index is 798. The molecule has 0 saturated carbocycles. The molecule has 3 aliphatic rings. The number of allylic oxidation sites excluding steroid dienone is 2. The van der Waals surface area contributed by atoms with E-state index >= 15 is 0 Å². The zero-order chi connectivity index (χ0) is 15.6. The maximum atomic E-state index is 2.57. The van der Waals surface area contributed by atoms with E-state index in [1.54, 1.807) is 19.4 Å². The van der Waals surface area contributed by atoms with Gasteiger partial charge in [0.1, 0.15) is 0 Å². The van der Waals surface area contributed by atoms with Crippen molar-refractivity contribution in [1.29, 1.82) is 0 Å². The van der Waals surface area contributed by atoms with Crippen LogP contribution in [0.15, 0.2) is 48.6 Å². The van der Waals surface area contributed by atoms with Gasteiger partial charge in [-0.3, -0.25) is 0 Å². The molecule has 2 aromatic rings. The Balaban J connectivity index is 1.63. The Kier molecular flexibility index (Phi) is 3.02. The predicted molar refractivity (Wildman–Crippen MR) is 95.5 cm³/mol. The van der Waals surface area contributed by atoms with Crippen molar-refractivity contribution >= 4 is 12.2 Å². The van der Waals surface area contributed by atoms with Gasteiger partial charge in [-0.1, -0.05) is 0 Å². The van der Waals surface area contributed by atoms with Gasteiger partial charge in [-0.2, -0.15) is 0 Å². The monoisotopic (exact) mass is 376 g/mol. The number of hydrogen-bond donors (Lipinski definition) is 0. The zero-order valence-electron chi connectivity index (χ0n) is 13.8. The van der Waals surface area contributed by atoms with Crippen LogP contribution in [0.4, 0.5) is 0 Å². The summed E-state index contributed by atoms with van der Waals surface area (Å²) in [7, 11) is 0. The van der Waals surface area contributed by atoms with Crippen molar-refractivity contribution in [1.82, 2.24) is 0 Å². The fourth-order valence-corrected chi connectivity index (χ4v) is 21.1. The van der Waals surface area contributed by atoms with Crippen LogP contribution in [0.25, 0.3) is 12.2 Å². The number of rotatable bonds is 2. The van der Waals surface area contributed by atoms with Crippen LogP contribution in [-0.4, -0.2) is 0 Å². The van der Waals surface area contributed by atoms with Crippen LogP contribution in [0.2, 0.25) is 8.26 Å². The molecule has 1 aliphatic heterocycles. The number of hydrogen-bond acceptors (Lipinski definition) is 0. The van der Waals surface area contributed by atoms with Gasteiger partial charge >= 0.3 is 144 Å². The molecule has 2 atom stereocenters. The molecule has 1 heteroatoms. The molecule has 114 valence electrons. The van der Waals surface area contributed by atoms with Gasteiger partial charge in [-0.15, -0.1) is 0 Å². The first-order valence-electron chi connectivity index (χ1n) is 8.76.